The fraction of sp³-hybridized carbons (Fsp3) is 0.222. The van der Waals surface area contributed by atoms with Gasteiger partial charge in [0.25, 0.3) is 0 Å². The van der Waals surface area contributed by atoms with E-state index in [2.05, 4.69) is 11.4 Å². The van der Waals surface area contributed by atoms with Crippen molar-refractivity contribution in [3.8, 4) is 0 Å². The van der Waals surface area contributed by atoms with E-state index in [-0.39, 0.29) is 11.2 Å². The van der Waals surface area contributed by atoms with Crippen molar-refractivity contribution in [2.45, 2.75) is 30.9 Å². The lowest BCUT2D eigenvalue weighted by Crippen LogP contribution is -2.22. The molecule has 0 saturated heterocycles. The summed E-state index contributed by atoms with van der Waals surface area (Å²) in [6.45, 7) is 5.97. The normalized spacial score (nSPS) is 11.8. The molecule has 2 aromatic carbocycles. The van der Waals surface area contributed by atoms with Crippen molar-refractivity contribution in [1.82, 2.24) is 0 Å². The fourth-order valence-electron chi connectivity index (χ4n) is 2.14. The SMILES string of the molecule is Cc1ccc(S[C@@H](C)C(=O)Nc2ccc(C(N)=O)cc2)c(C)c1. The van der Waals surface area contributed by atoms with Crippen molar-refractivity contribution in [1.29, 1.82) is 0 Å². The van der Waals surface area contributed by atoms with Crippen molar-refractivity contribution >= 4 is 29.3 Å². The predicted octanol–water partition coefficient (Wildman–Crippen LogP) is 3.52. The van der Waals surface area contributed by atoms with Crippen LogP contribution in [0.1, 0.15) is 28.4 Å². The number of nitrogens with one attached hydrogen (secondary N) is 1. The number of hydrogen-bond donors (Lipinski definition) is 2. The molecule has 2 rings (SSSR count). The molecular weight excluding hydrogens is 308 g/mol. The lowest BCUT2D eigenvalue weighted by Gasteiger charge is -2.14. The highest BCUT2D eigenvalue weighted by atomic mass is 32.2. The molecule has 0 bridgehead atoms. The average Bonchev–Trinajstić information content (AvgIpc) is 2.50. The zero-order valence-corrected chi connectivity index (χ0v) is 14.2. The van der Waals surface area contributed by atoms with E-state index in [0.29, 0.717) is 11.3 Å². The summed E-state index contributed by atoms with van der Waals surface area (Å²) < 4.78 is 0. The lowest BCUT2D eigenvalue weighted by atomic mass is 10.2. The Morgan fingerprint density at radius 2 is 1.74 bits per heavy atom. The number of aryl methyl sites for hydroxylation is 2. The smallest absolute Gasteiger partial charge is 0.248 e. The van der Waals surface area contributed by atoms with Crippen LogP contribution >= 0.6 is 11.8 Å². The molecule has 4 nitrogen and oxygen atoms in total. The molecule has 1 atom stereocenters. The van der Waals surface area contributed by atoms with Crippen LogP contribution in [-0.4, -0.2) is 17.1 Å². The predicted molar refractivity (Wildman–Crippen MR) is 94.8 cm³/mol. The first kappa shape index (κ1) is 17.1. The third-order valence-electron chi connectivity index (χ3n) is 3.44. The van der Waals surface area contributed by atoms with Crippen molar-refractivity contribution in [3.05, 3.63) is 59.2 Å². The second-order valence-corrected chi connectivity index (χ2v) is 6.84. The number of nitrogens with two attached hydrogens (primary N) is 1. The minimum atomic E-state index is -0.485. The van der Waals surface area contributed by atoms with Gasteiger partial charge in [0.1, 0.15) is 0 Å². The molecule has 0 aromatic heterocycles. The molecule has 0 saturated carbocycles. The maximum absolute atomic E-state index is 12.3. The number of anilines is 1. The van der Waals surface area contributed by atoms with E-state index in [1.165, 1.54) is 22.9 Å². The van der Waals surface area contributed by atoms with Gasteiger partial charge in [-0.3, -0.25) is 9.59 Å². The van der Waals surface area contributed by atoms with Gasteiger partial charge >= 0.3 is 0 Å². The van der Waals surface area contributed by atoms with E-state index < -0.39 is 5.91 Å². The van der Waals surface area contributed by atoms with Crippen LogP contribution < -0.4 is 11.1 Å². The van der Waals surface area contributed by atoms with Crippen molar-refractivity contribution in [2.24, 2.45) is 5.73 Å². The highest BCUT2D eigenvalue weighted by Gasteiger charge is 2.15. The molecule has 5 heteroatoms. The van der Waals surface area contributed by atoms with Crippen LogP contribution in [0.3, 0.4) is 0 Å². The lowest BCUT2D eigenvalue weighted by molar-refractivity contribution is -0.115. The van der Waals surface area contributed by atoms with E-state index in [4.69, 9.17) is 5.73 Å². The number of carbonyl (C=O) groups excluding carboxylic acids is 2. The molecule has 0 aliphatic carbocycles. The van der Waals surface area contributed by atoms with E-state index in [1.807, 2.05) is 32.9 Å². The Morgan fingerprint density at radius 3 is 2.30 bits per heavy atom. The van der Waals surface area contributed by atoms with Gasteiger partial charge < -0.3 is 11.1 Å². The largest absolute Gasteiger partial charge is 0.366 e. The summed E-state index contributed by atoms with van der Waals surface area (Å²) in [6.07, 6.45) is 0. The van der Waals surface area contributed by atoms with Crippen LogP contribution in [-0.2, 0) is 4.79 Å². The van der Waals surface area contributed by atoms with Crippen LogP contribution in [0.15, 0.2) is 47.4 Å². The molecule has 23 heavy (non-hydrogen) atoms. The molecular formula is C18H20N2O2S. The van der Waals surface area contributed by atoms with Gasteiger partial charge in [-0.05, 0) is 56.7 Å². The molecule has 0 aliphatic rings. The second kappa shape index (κ2) is 7.33. The summed E-state index contributed by atoms with van der Waals surface area (Å²) in [5.74, 6) is -0.566. The standard InChI is InChI=1S/C18H20N2O2S/c1-11-4-9-16(12(2)10-11)23-13(3)18(22)20-15-7-5-14(6-8-15)17(19)21/h4-10,13H,1-3H3,(H2,19,21)(H,20,22)/t13-/m0/s1. The molecule has 0 heterocycles. The Kier molecular flexibility index (Phi) is 5.45. The van der Waals surface area contributed by atoms with Gasteiger partial charge in [0.05, 0.1) is 5.25 Å². The van der Waals surface area contributed by atoms with Crippen LogP contribution in [0, 0.1) is 13.8 Å². The number of rotatable bonds is 5. The number of hydrogen-bond acceptors (Lipinski definition) is 3. The topological polar surface area (TPSA) is 72.2 Å². The first-order valence-electron chi connectivity index (χ1n) is 7.31. The van der Waals surface area contributed by atoms with Crippen molar-refractivity contribution in [2.75, 3.05) is 5.32 Å². The minimum Gasteiger partial charge on any atom is -0.366 e. The van der Waals surface area contributed by atoms with Gasteiger partial charge in [0, 0.05) is 16.1 Å². The van der Waals surface area contributed by atoms with Crippen LogP contribution in [0.25, 0.3) is 0 Å². The van der Waals surface area contributed by atoms with Gasteiger partial charge in [-0.15, -0.1) is 11.8 Å². The Morgan fingerprint density at radius 1 is 1.09 bits per heavy atom. The van der Waals surface area contributed by atoms with Gasteiger partial charge in [0.15, 0.2) is 0 Å². The molecule has 2 amide bonds. The minimum absolute atomic E-state index is 0.0817. The zero-order valence-electron chi connectivity index (χ0n) is 13.4. The fourth-order valence-corrected chi connectivity index (χ4v) is 3.08. The summed E-state index contributed by atoms with van der Waals surface area (Å²) in [4.78, 5) is 24.4. The molecule has 0 radical (unpaired) electrons. The van der Waals surface area contributed by atoms with E-state index >= 15 is 0 Å². The average molecular weight is 328 g/mol. The molecule has 0 spiro atoms. The Hall–Kier alpha value is -2.27. The quantitative estimate of drug-likeness (QED) is 0.825. The number of primary amides is 1. The van der Waals surface area contributed by atoms with E-state index in [9.17, 15) is 9.59 Å². The number of benzene rings is 2. The van der Waals surface area contributed by atoms with Gasteiger partial charge in [-0.1, -0.05) is 17.7 Å². The highest BCUT2D eigenvalue weighted by molar-refractivity contribution is 8.00. The Bertz CT molecular complexity index is 726. The summed E-state index contributed by atoms with van der Waals surface area (Å²) in [5, 5.41) is 2.62. The summed E-state index contributed by atoms with van der Waals surface area (Å²) >= 11 is 1.53. The van der Waals surface area contributed by atoms with Gasteiger partial charge in [-0.2, -0.15) is 0 Å². The first-order chi connectivity index (χ1) is 10.9. The molecule has 0 unspecified atom stereocenters. The monoisotopic (exact) mass is 328 g/mol. The molecule has 0 aliphatic heterocycles. The summed E-state index contributed by atoms with van der Waals surface area (Å²) in [7, 11) is 0. The molecule has 2 aromatic rings. The maximum atomic E-state index is 12.3. The zero-order chi connectivity index (χ0) is 17.0. The Balaban J connectivity index is 2.00. The first-order valence-corrected chi connectivity index (χ1v) is 8.19. The summed E-state index contributed by atoms with van der Waals surface area (Å²) in [5.41, 5.74) is 8.63. The number of amides is 2. The Labute approximate surface area is 140 Å². The van der Waals surface area contributed by atoms with E-state index in [0.717, 1.165) is 4.90 Å². The number of thioether (sulfide) groups is 1. The summed E-state index contributed by atoms with van der Waals surface area (Å²) in [6, 6.07) is 12.7. The van der Waals surface area contributed by atoms with Crippen LogP contribution in [0.5, 0.6) is 0 Å². The maximum Gasteiger partial charge on any atom is 0.248 e. The van der Waals surface area contributed by atoms with Crippen LogP contribution in [0.2, 0.25) is 0 Å². The highest BCUT2D eigenvalue weighted by Crippen LogP contribution is 2.28. The molecule has 3 N–H and O–H groups in total. The number of carbonyl (C=O) groups is 2. The van der Waals surface area contributed by atoms with Gasteiger partial charge in [0.2, 0.25) is 11.8 Å². The van der Waals surface area contributed by atoms with E-state index in [1.54, 1.807) is 24.3 Å². The third-order valence-corrected chi connectivity index (χ3v) is 4.72. The molecule has 0 fully saturated rings. The van der Waals surface area contributed by atoms with Crippen LogP contribution in [0.4, 0.5) is 5.69 Å². The molecule has 120 valence electrons. The van der Waals surface area contributed by atoms with Crippen molar-refractivity contribution < 1.29 is 9.59 Å². The second-order valence-electron chi connectivity index (χ2n) is 5.46. The van der Waals surface area contributed by atoms with Gasteiger partial charge in [-0.25, -0.2) is 0 Å². The van der Waals surface area contributed by atoms with Crippen molar-refractivity contribution in [3.63, 3.8) is 0 Å². The third kappa shape index (κ3) is 4.60.